The zero-order valence-corrected chi connectivity index (χ0v) is 14.5. The Labute approximate surface area is 143 Å². The number of hydrogen-bond donors (Lipinski definition) is 2. The van der Waals surface area contributed by atoms with Crippen LogP contribution in [0, 0.1) is 5.92 Å². The highest BCUT2D eigenvalue weighted by Gasteiger charge is 2.23. The summed E-state index contributed by atoms with van der Waals surface area (Å²) in [7, 11) is 1.33. The molecule has 0 radical (unpaired) electrons. The lowest BCUT2D eigenvalue weighted by atomic mass is 10.0. The predicted octanol–water partition coefficient (Wildman–Crippen LogP) is 1.44. The van der Waals surface area contributed by atoms with Crippen LogP contribution >= 0.6 is 0 Å². The van der Waals surface area contributed by atoms with Gasteiger partial charge in [0.2, 0.25) is 11.8 Å². The average Bonchev–Trinajstić information content (AvgIpc) is 2.56. The Morgan fingerprint density at radius 1 is 1.12 bits per heavy atom. The van der Waals surface area contributed by atoms with Crippen LogP contribution in [-0.2, 0) is 25.5 Å². The number of amides is 2. The standard InChI is InChI=1S/C18H26N2O4/c1-13(2)17(18(23)19-11-7-10-16(22)24-3)20-15(21)12-14-8-5-4-6-9-14/h4-6,8-9,13,17H,7,10-12H2,1-3H3,(H,19,23)(H,20,21). The predicted molar refractivity (Wildman–Crippen MR) is 91.2 cm³/mol. The first kappa shape index (κ1) is 19.7. The first-order valence-corrected chi connectivity index (χ1v) is 8.12. The third-order valence-electron chi connectivity index (χ3n) is 3.56. The first-order chi connectivity index (χ1) is 11.4. The highest BCUT2D eigenvalue weighted by molar-refractivity contribution is 5.88. The number of methoxy groups -OCH3 is 1. The smallest absolute Gasteiger partial charge is 0.305 e. The Morgan fingerprint density at radius 3 is 2.38 bits per heavy atom. The Hall–Kier alpha value is -2.37. The molecular formula is C18H26N2O4. The van der Waals surface area contributed by atoms with E-state index in [-0.39, 0.29) is 36.5 Å². The summed E-state index contributed by atoms with van der Waals surface area (Å²) in [6.07, 6.45) is 0.990. The number of rotatable bonds is 9. The molecule has 6 nitrogen and oxygen atoms in total. The SMILES string of the molecule is COC(=O)CCCNC(=O)C(NC(=O)Cc1ccccc1)C(C)C. The van der Waals surface area contributed by atoms with E-state index in [1.54, 1.807) is 0 Å². The molecule has 2 N–H and O–H groups in total. The zero-order chi connectivity index (χ0) is 17.9. The minimum atomic E-state index is -0.598. The van der Waals surface area contributed by atoms with E-state index in [9.17, 15) is 14.4 Å². The van der Waals surface area contributed by atoms with Crippen molar-refractivity contribution in [2.75, 3.05) is 13.7 Å². The molecule has 0 bridgehead atoms. The number of esters is 1. The molecule has 0 heterocycles. The number of nitrogens with one attached hydrogen (secondary N) is 2. The van der Waals surface area contributed by atoms with Gasteiger partial charge in [-0.05, 0) is 17.9 Å². The Balaban J connectivity index is 2.46. The van der Waals surface area contributed by atoms with E-state index in [2.05, 4.69) is 15.4 Å². The second-order valence-electron chi connectivity index (χ2n) is 5.92. The van der Waals surface area contributed by atoms with E-state index in [0.717, 1.165) is 5.56 Å². The fourth-order valence-electron chi connectivity index (χ4n) is 2.20. The van der Waals surface area contributed by atoms with Crippen molar-refractivity contribution < 1.29 is 19.1 Å². The van der Waals surface area contributed by atoms with E-state index < -0.39 is 6.04 Å². The van der Waals surface area contributed by atoms with Crippen molar-refractivity contribution in [3.05, 3.63) is 35.9 Å². The van der Waals surface area contributed by atoms with Gasteiger partial charge in [0.25, 0.3) is 0 Å². The lowest BCUT2D eigenvalue weighted by Crippen LogP contribution is -2.50. The van der Waals surface area contributed by atoms with Crippen LogP contribution in [0.4, 0.5) is 0 Å². The molecule has 0 spiro atoms. The number of benzene rings is 1. The normalized spacial score (nSPS) is 11.7. The Kier molecular flexibility index (Phi) is 8.54. The summed E-state index contributed by atoms with van der Waals surface area (Å²) in [6.45, 7) is 4.12. The highest BCUT2D eigenvalue weighted by atomic mass is 16.5. The first-order valence-electron chi connectivity index (χ1n) is 8.12. The molecule has 1 unspecified atom stereocenters. The van der Waals surface area contributed by atoms with E-state index in [1.807, 2.05) is 44.2 Å². The third-order valence-corrected chi connectivity index (χ3v) is 3.56. The largest absolute Gasteiger partial charge is 0.469 e. The number of carbonyl (C=O) groups is 3. The van der Waals surface area contributed by atoms with Gasteiger partial charge in [0, 0.05) is 13.0 Å². The summed E-state index contributed by atoms with van der Waals surface area (Å²) in [6, 6.07) is 8.78. The Morgan fingerprint density at radius 2 is 1.79 bits per heavy atom. The molecule has 0 aromatic heterocycles. The molecule has 2 amide bonds. The number of hydrogen-bond acceptors (Lipinski definition) is 4. The van der Waals surface area contributed by atoms with Crippen LogP contribution in [0.25, 0.3) is 0 Å². The van der Waals surface area contributed by atoms with Crippen LogP contribution in [0.15, 0.2) is 30.3 Å². The molecular weight excluding hydrogens is 308 g/mol. The lowest BCUT2D eigenvalue weighted by Gasteiger charge is -2.21. The fraction of sp³-hybridized carbons (Fsp3) is 0.500. The quantitative estimate of drug-likeness (QED) is 0.529. The summed E-state index contributed by atoms with van der Waals surface area (Å²) in [5, 5.41) is 5.53. The number of carbonyl (C=O) groups excluding carboxylic acids is 3. The van der Waals surface area contributed by atoms with Gasteiger partial charge in [-0.1, -0.05) is 44.2 Å². The monoisotopic (exact) mass is 334 g/mol. The fourth-order valence-corrected chi connectivity index (χ4v) is 2.20. The number of ether oxygens (including phenoxy) is 1. The topological polar surface area (TPSA) is 84.5 Å². The van der Waals surface area contributed by atoms with E-state index in [1.165, 1.54) is 7.11 Å². The molecule has 0 fully saturated rings. The van der Waals surface area contributed by atoms with Gasteiger partial charge >= 0.3 is 5.97 Å². The van der Waals surface area contributed by atoms with Gasteiger partial charge in [-0.3, -0.25) is 14.4 Å². The van der Waals surface area contributed by atoms with E-state index in [0.29, 0.717) is 13.0 Å². The molecule has 132 valence electrons. The van der Waals surface area contributed by atoms with Crippen LogP contribution in [0.5, 0.6) is 0 Å². The second kappa shape index (κ2) is 10.4. The van der Waals surface area contributed by atoms with Crippen molar-refractivity contribution in [3.8, 4) is 0 Å². The Bertz CT molecular complexity index is 543. The van der Waals surface area contributed by atoms with Gasteiger partial charge in [-0.25, -0.2) is 0 Å². The minimum Gasteiger partial charge on any atom is -0.469 e. The summed E-state index contributed by atoms with van der Waals surface area (Å²) in [5.41, 5.74) is 0.899. The van der Waals surface area contributed by atoms with Crippen LogP contribution < -0.4 is 10.6 Å². The van der Waals surface area contributed by atoms with Crippen molar-refractivity contribution in [1.29, 1.82) is 0 Å². The van der Waals surface area contributed by atoms with Crippen LogP contribution in [0.3, 0.4) is 0 Å². The van der Waals surface area contributed by atoms with Crippen LogP contribution in [-0.4, -0.2) is 37.5 Å². The van der Waals surface area contributed by atoms with Crippen molar-refractivity contribution in [2.45, 2.75) is 39.2 Å². The summed E-state index contributed by atoms with van der Waals surface area (Å²) in [4.78, 5) is 35.4. The highest BCUT2D eigenvalue weighted by Crippen LogP contribution is 2.05. The van der Waals surface area contributed by atoms with Crippen molar-refractivity contribution in [2.24, 2.45) is 5.92 Å². The van der Waals surface area contributed by atoms with Gasteiger partial charge in [-0.2, -0.15) is 0 Å². The molecule has 1 rings (SSSR count). The molecule has 1 aromatic rings. The van der Waals surface area contributed by atoms with Crippen LogP contribution in [0.1, 0.15) is 32.3 Å². The second-order valence-corrected chi connectivity index (χ2v) is 5.92. The van der Waals surface area contributed by atoms with Gasteiger partial charge in [0.1, 0.15) is 6.04 Å². The summed E-state index contributed by atoms with van der Waals surface area (Å²) >= 11 is 0. The molecule has 6 heteroatoms. The zero-order valence-electron chi connectivity index (χ0n) is 14.5. The van der Waals surface area contributed by atoms with E-state index in [4.69, 9.17) is 0 Å². The van der Waals surface area contributed by atoms with E-state index >= 15 is 0 Å². The van der Waals surface area contributed by atoms with Crippen molar-refractivity contribution >= 4 is 17.8 Å². The molecule has 1 atom stereocenters. The lowest BCUT2D eigenvalue weighted by molar-refractivity contribution is -0.140. The molecule has 24 heavy (non-hydrogen) atoms. The molecule has 0 aliphatic carbocycles. The molecule has 1 aromatic carbocycles. The third kappa shape index (κ3) is 7.26. The maximum Gasteiger partial charge on any atom is 0.305 e. The summed E-state index contributed by atoms with van der Waals surface area (Å²) < 4.78 is 4.54. The van der Waals surface area contributed by atoms with Gasteiger partial charge in [-0.15, -0.1) is 0 Å². The van der Waals surface area contributed by atoms with Gasteiger partial charge in [0.15, 0.2) is 0 Å². The molecule has 0 saturated heterocycles. The van der Waals surface area contributed by atoms with Gasteiger partial charge in [0.05, 0.1) is 13.5 Å². The summed E-state index contributed by atoms with van der Waals surface area (Å²) in [5.74, 6) is -0.771. The van der Waals surface area contributed by atoms with Gasteiger partial charge < -0.3 is 15.4 Å². The van der Waals surface area contributed by atoms with Crippen molar-refractivity contribution in [1.82, 2.24) is 10.6 Å². The molecule has 0 aliphatic rings. The van der Waals surface area contributed by atoms with Crippen LogP contribution in [0.2, 0.25) is 0 Å². The minimum absolute atomic E-state index is 0.0367. The average molecular weight is 334 g/mol. The molecule has 0 aliphatic heterocycles. The maximum atomic E-state index is 12.2. The molecule has 0 saturated carbocycles. The van der Waals surface area contributed by atoms with Crippen molar-refractivity contribution in [3.63, 3.8) is 0 Å². The maximum absolute atomic E-state index is 12.2.